The van der Waals surface area contributed by atoms with E-state index in [9.17, 15) is 41.9 Å². The lowest BCUT2D eigenvalue weighted by atomic mass is 9.81. The molecule has 8 atom stereocenters. The van der Waals surface area contributed by atoms with Gasteiger partial charge in [-0.05, 0) is 125 Å². The number of likely N-dealkylation sites (N-methyl/N-ethyl adjacent to an activating group) is 7. The van der Waals surface area contributed by atoms with Crippen LogP contribution in [0.4, 0.5) is 13.2 Å². The number of benzene rings is 1. The number of carbonyl (C=O) groups excluding carboxylic acids is 12. The van der Waals surface area contributed by atoms with Crippen molar-refractivity contribution >= 4 is 82.5 Å². The third-order valence-corrected chi connectivity index (χ3v) is 22.4. The molecule has 12 amide bonds. The van der Waals surface area contributed by atoms with Crippen molar-refractivity contribution in [3.8, 4) is 0 Å². The molecule has 28 heteroatoms. The van der Waals surface area contributed by atoms with Gasteiger partial charge < -0.3 is 60.0 Å². The summed E-state index contributed by atoms with van der Waals surface area (Å²) in [4.78, 5) is 191. The van der Waals surface area contributed by atoms with Crippen LogP contribution >= 0.6 is 11.6 Å². The van der Waals surface area contributed by atoms with E-state index < -0.39 is 173 Å². The fourth-order valence-corrected chi connectivity index (χ4v) is 16.0. The van der Waals surface area contributed by atoms with E-state index in [0.717, 1.165) is 78.2 Å². The molecule has 7 rings (SSSR count). The van der Waals surface area contributed by atoms with Gasteiger partial charge in [-0.15, -0.1) is 0 Å². The second-order valence-corrected chi connectivity index (χ2v) is 30.2. The molecule has 6 fully saturated rings. The summed E-state index contributed by atoms with van der Waals surface area (Å²) < 4.78 is 41.6. The van der Waals surface area contributed by atoms with E-state index in [-0.39, 0.29) is 63.3 Å². The Morgan fingerprint density at radius 1 is 0.620 bits per heavy atom. The van der Waals surface area contributed by atoms with Crippen LogP contribution in [-0.4, -0.2) is 251 Å². The highest BCUT2D eigenvalue weighted by Gasteiger charge is 2.51. The van der Waals surface area contributed by atoms with Crippen LogP contribution in [0.1, 0.15) is 187 Å². The minimum atomic E-state index is -4.76. The third kappa shape index (κ3) is 20.0. The zero-order valence-electron chi connectivity index (χ0n) is 60.7. The Kier molecular flexibility index (Phi) is 28.7. The van der Waals surface area contributed by atoms with Crippen molar-refractivity contribution in [3.63, 3.8) is 0 Å². The van der Waals surface area contributed by atoms with E-state index in [1.807, 2.05) is 20.8 Å². The van der Waals surface area contributed by atoms with Gasteiger partial charge in [0.2, 0.25) is 70.9 Å². The number of likely N-dealkylation sites (tertiary alicyclic amines) is 1. The zero-order chi connectivity index (χ0) is 73.7. The Morgan fingerprint density at radius 2 is 1.22 bits per heavy atom. The van der Waals surface area contributed by atoms with E-state index >= 15 is 28.8 Å². The summed E-state index contributed by atoms with van der Waals surface area (Å²) in [5.74, 6) is -8.68. The standard InChI is InChI=1S/C72H110ClF3N12O12/c1-12-46(4)61-68(98)82(7)43-59(91)80(5)44-60(92)84(9)55(40-47-24-17-18-25-47)66(96)81(6)42-57(89)77-52(32-30-48-29-31-50(51(73)39-48)72(74,75)76)65(95)88-37-23-28-53(88)64(94)79-71(33-19-20-34-71)70(100)86(11)62(49-26-15-13-16-27-49)69(99)85(10)56(67(97)87-35-21-14-22-36-87)41-58(90)83(8)54(38-45(2)3)63(93)78-61/h29,31,39,45-47,49,52-56,61-62H,12-28,30,32-38,40-44H2,1-11H3,(H,77,89)(H,78,93)(H,79,94)/t46-,52-,53-,54-,55-,56-,61-,62-/m0/s1. The highest BCUT2D eigenvalue weighted by molar-refractivity contribution is 6.31. The summed E-state index contributed by atoms with van der Waals surface area (Å²) in [5.41, 5.74) is -2.33. The Labute approximate surface area is 593 Å². The highest BCUT2D eigenvalue weighted by atomic mass is 35.5. The number of aryl methyl sites for hydroxylation is 1. The van der Waals surface area contributed by atoms with Crippen molar-refractivity contribution in [3.05, 3.63) is 34.3 Å². The fourth-order valence-electron chi connectivity index (χ4n) is 15.7. The number of rotatable bonds is 11. The van der Waals surface area contributed by atoms with Gasteiger partial charge in [0.25, 0.3) is 0 Å². The molecule has 1 aromatic rings. The van der Waals surface area contributed by atoms with Crippen molar-refractivity contribution in [2.45, 2.75) is 236 Å². The number of carbonyl (C=O) groups is 12. The molecule has 0 aromatic heterocycles. The molecule has 3 N–H and O–H groups in total. The first kappa shape index (κ1) is 80.3. The van der Waals surface area contributed by atoms with Gasteiger partial charge in [-0.2, -0.15) is 13.2 Å². The number of hydrogen-bond donors (Lipinski definition) is 3. The number of amides is 12. The van der Waals surface area contributed by atoms with Gasteiger partial charge in [-0.25, -0.2) is 0 Å². The second-order valence-electron chi connectivity index (χ2n) is 29.8. The van der Waals surface area contributed by atoms with Crippen molar-refractivity contribution in [2.24, 2.45) is 23.7 Å². The molecule has 3 aliphatic heterocycles. The molecule has 3 heterocycles. The molecule has 3 saturated heterocycles. The van der Waals surface area contributed by atoms with Crippen molar-refractivity contribution in [1.82, 2.24) is 60.0 Å². The normalized spacial score (nSPS) is 26.8. The van der Waals surface area contributed by atoms with Crippen LogP contribution in [0.15, 0.2) is 18.2 Å². The van der Waals surface area contributed by atoms with E-state index in [2.05, 4.69) is 16.0 Å². The lowest BCUT2D eigenvalue weighted by Crippen LogP contribution is -2.65. The molecular weight excluding hydrogens is 1320 g/mol. The summed E-state index contributed by atoms with van der Waals surface area (Å²) in [6.07, 6.45) is 6.14. The Morgan fingerprint density at radius 3 is 1.83 bits per heavy atom. The first-order valence-corrected chi connectivity index (χ1v) is 36.7. The van der Waals surface area contributed by atoms with Crippen molar-refractivity contribution in [2.75, 3.05) is 88.6 Å². The topological polar surface area (TPSA) is 270 Å². The van der Waals surface area contributed by atoms with Crippen LogP contribution in [0.2, 0.25) is 5.02 Å². The minimum Gasteiger partial charge on any atom is -0.343 e. The van der Waals surface area contributed by atoms with Gasteiger partial charge in [-0.3, -0.25) is 57.5 Å². The van der Waals surface area contributed by atoms with E-state index in [1.54, 1.807) is 11.8 Å². The van der Waals surface area contributed by atoms with E-state index in [0.29, 0.717) is 70.0 Å². The molecule has 1 spiro atoms. The van der Waals surface area contributed by atoms with Gasteiger partial charge in [0.05, 0.1) is 36.6 Å². The Bertz CT molecular complexity index is 3120. The summed E-state index contributed by atoms with van der Waals surface area (Å²) in [6.45, 7) is 6.47. The van der Waals surface area contributed by atoms with Crippen molar-refractivity contribution < 1.29 is 70.7 Å². The molecule has 0 unspecified atom stereocenters. The number of fused-ring (bicyclic) bond motifs is 1. The SMILES string of the molecule is CC[C@H](C)[C@@H]1NC(=O)[C@H](CC(C)C)N(C)C(=O)C[C@@H](C(=O)N2CCCCC2)N(C)C(=O)[C@H](C2CCCCC2)N(C)C(=O)C2(CCCC2)NC(=O)[C@@H]2CCCN2C(=O)[C@H](CCc2ccc(C(F)(F)F)c(Cl)c2)NC(=O)CN(C)C(=O)[C@H](CC2CCCC2)N(C)C(=O)CN(C)C(=O)CN(C)C1=O. The molecule has 1 aromatic carbocycles. The maximum atomic E-state index is 15.8. The molecule has 100 heavy (non-hydrogen) atoms. The highest BCUT2D eigenvalue weighted by Crippen LogP contribution is 2.39. The summed E-state index contributed by atoms with van der Waals surface area (Å²) in [6, 6.07) is -5.51. The first-order chi connectivity index (χ1) is 47.2. The third-order valence-electron chi connectivity index (χ3n) is 22.1. The molecule has 558 valence electrons. The average molecular weight is 1430 g/mol. The van der Waals surface area contributed by atoms with Gasteiger partial charge in [0, 0.05) is 69.0 Å². The number of hydrogen-bond acceptors (Lipinski definition) is 12. The number of piperidine rings is 1. The lowest BCUT2D eigenvalue weighted by Gasteiger charge is -2.43. The van der Waals surface area contributed by atoms with Crippen LogP contribution in [0.5, 0.6) is 0 Å². The number of alkyl halides is 3. The quantitative estimate of drug-likeness (QED) is 0.229. The van der Waals surface area contributed by atoms with Gasteiger partial charge >= 0.3 is 6.18 Å². The van der Waals surface area contributed by atoms with Crippen molar-refractivity contribution in [1.29, 1.82) is 0 Å². The predicted molar refractivity (Wildman–Crippen MR) is 369 cm³/mol. The maximum Gasteiger partial charge on any atom is 0.417 e. The largest absolute Gasteiger partial charge is 0.417 e. The Hall–Kier alpha value is -7.06. The summed E-state index contributed by atoms with van der Waals surface area (Å²) >= 11 is 6.16. The molecule has 0 bridgehead atoms. The lowest BCUT2D eigenvalue weighted by molar-refractivity contribution is -0.157. The molecule has 6 aliphatic rings. The van der Waals surface area contributed by atoms with Gasteiger partial charge in [0.1, 0.15) is 47.8 Å². The van der Waals surface area contributed by atoms with Crippen LogP contribution in [0.3, 0.4) is 0 Å². The van der Waals surface area contributed by atoms with Gasteiger partial charge in [-0.1, -0.05) is 110 Å². The molecule has 0 radical (unpaired) electrons. The van der Waals surface area contributed by atoms with E-state index in [4.69, 9.17) is 11.6 Å². The second kappa shape index (κ2) is 35.7. The van der Waals surface area contributed by atoms with Crippen LogP contribution in [-0.2, 0) is 70.1 Å². The van der Waals surface area contributed by atoms with Crippen LogP contribution in [0.25, 0.3) is 0 Å². The molecular formula is C72H110ClF3N12O12. The first-order valence-electron chi connectivity index (χ1n) is 36.4. The fraction of sp³-hybridized carbons (Fsp3) is 0.750. The van der Waals surface area contributed by atoms with Crippen LogP contribution < -0.4 is 16.0 Å². The number of nitrogens with one attached hydrogen (secondary N) is 3. The summed E-state index contributed by atoms with van der Waals surface area (Å²) in [5, 5.41) is 8.18. The number of halogens is 4. The smallest absolute Gasteiger partial charge is 0.343 e. The predicted octanol–water partition coefficient (Wildman–Crippen LogP) is 6.03. The van der Waals surface area contributed by atoms with E-state index in [1.165, 1.54) is 79.9 Å². The Balaban J connectivity index is 1.29. The van der Waals surface area contributed by atoms with Gasteiger partial charge in [0.15, 0.2) is 0 Å². The zero-order valence-corrected chi connectivity index (χ0v) is 61.5. The minimum absolute atomic E-state index is 0.0303. The molecule has 3 aliphatic carbocycles. The monoisotopic (exact) mass is 1430 g/mol. The summed E-state index contributed by atoms with van der Waals surface area (Å²) in [7, 11) is 10.0. The average Bonchev–Trinajstić information content (AvgIpc) is 1.38. The maximum absolute atomic E-state index is 15.8. The van der Waals surface area contributed by atoms with Crippen LogP contribution in [0, 0.1) is 23.7 Å². The number of nitrogens with zero attached hydrogens (tertiary/aromatic N) is 9. The molecule has 24 nitrogen and oxygen atoms in total. The molecule has 3 saturated carbocycles.